The summed E-state index contributed by atoms with van der Waals surface area (Å²) >= 11 is 12.0. The summed E-state index contributed by atoms with van der Waals surface area (Å²) in [6.45, 7) is 0.795. The van der Waals surface area contributed by atoms with Gasteiger partial charge in [0.05, 0.1) is 6.42 Å². The number of nitrogens with two attached hydrogens (primary N) is 1. The fraction of sp³-hybridized carbons (Fsp3) is 0.417. The maximum Gasteiger partial charge on any atom is 0.258 e. The summed E-state index contributed by atoms with van der Waals surface area (Å²) in [5.74, 6) is -0.205. The number of fused-ring (bicyclic) bond motifs is 2. The molecule has 2 aromatic carbocycles. The van der Waals surface area contributed by atoms with Gasteiger partial charge in [0.1, 0.15) is 5.75 Å². The van der Waals surface area contributed by atoms with Crippen LogP contribution in [0.1, 0.15) is 36.8 Å². The second-order valence-electron chi connectivity index (χ2n) is 8.60. The van der Waals surface area contributed by atoms with Crippen LogP contribution >= 0.6 is 23.2 Å². The van der Waals surface area contributed by atoms with Gasteiger partial charge in [-0.2, -0.15) is 0 Å². The molecule has 2 saturated heterocycles. The van der Waals surface area contributed by atoms with E-state index in [0.29, 0.717) is 28.4 Å². The van der Waals surface area contributed by atoms with Crippen molar-refractivity contribution < 1.29 is 14.3 Å². The van der Waals surface area contributed by atoms with Crippen molar-refractivity contribution >= 4 is 35.0 Å². The number of piperidine rings is 1. The van der Waals surface area contributed by atoms with Gasteiger partial charge in [-0.3, -0.25) is 14.5 Å². The molecule has 32 heavy (non-hydrogen) atoms. The number of carbonyl (C=O) groups is 2. The summed E-state index contributed by atoms with van der Waals surface area (Å²) < 4.78 is 5.68. The Morgan fingerprint density at radius 2 is 1.69 bits per heavy atom. The molecule has 2 aliphatic heterocycles. The molecule has 8 heteroatoms. The summed E-state index contributed by atoms with van der Waals surface area (Å²) in [7, 11) is 0. The predicted octanol–water partition coefficient (Wildman–Crippen LogP) is 3.71. The fourth-order valence-electron chi connectivity index (χ4n) is 4.88. The van der Waals surface area contributed by atoms with E-state index in [1.807, 2.05) is 12.1 Å². The summed E-state index contributed by atoms with van der Waals surface area (Å²) in [6, 6.07) is 14.0. The van der Waals surface area contributed by atoms with Gasteiger partial charge in [-0.1, -0.05) is 35.3 Å². The van der Waals surface area contributed by atoms with E-state index in [4.69, 9.17) is 33.7 Å². The third-order valence-electron chi connectivity index (χ3n) is 6.27. The number of amides is 2. The highest BCUT2D eigenvalue weighted by atomic mass is 35.5. The summed E-state index contributed by atoms with van der Waals surface area (Å²) in [6.07, 6.45) is 4.19. The zero-order valence-corrected chi connectivity index (χ0v) is 19.2. The Morgan fingerprint density at radius 3 is 2.34 bits per heavy atom. The van der Waals surface area contributed by atoms with Gasteiger partial charge < -0.3 is 15.8 Å². The van der Waals surface area contributed by atoms with Crippen LogP contribution in [-0.4, -0.2) is 41.4 Å². The first-order valence-corrected chi connectivity index (χ1v) is 11.6. The Hall–Kier alpha value is -2.28. The van der Waals surface area contributed by atoms with Crippen LogP contribution in [-0.2, 0) is 22.6 Å². The van der Waals surface area contributed by atoms with Crippen LogP contribution in [0.25, 0.3) is 0 Å². The molecule has 3 atom stereocenters. The summed E-state index contributed by atoms with van der Waals surface area (Å²) in [4.78, 5) is 26.4. The first-order chi connectivity index (χ1) is 15.4. The molecule has 2 fully saturated rings. The van der Waals surface area contributed by atoms with Gasteiger partial charge in [-0.15, -0.1) is 0 Å². The average Bonchev–Trinajstić information content (AvgIpc) is 2.96. The lowest BCUT2D eigenvalue weighted by Gasteiger charge is -2.39. The van der Waals surface area contributed by atoms with E-state index in [1.165, 1.54) is 5.56 Å². The topological polar surface area (TPSA) is 84.7 Å². The van der Waals surface area contributed by atoms with Crippen molar-refractivity contribution in [3.8, 4) is 5.75 Å². The molecule has 0 radical (unpaired) electrons. The normalized spacial score (nSPS) is 22.5. The number of ether oxygens (including phenoxy) is 1. The van der Waals surface area contributed by atoms with Gasteiger partial charge >= 0.3 is 0 Å². The molecule has 0 aromatic heterocycles. The van der Waals surface area contributed by atoms with Crippen LogP contribution < -0.4 is 15.8 Å². The van der Waals surface area contributed by atoms with Crippen molar-refractivity contribution in [2.24, 2.45) is 5.73 Å². The van der Waals surface area contributed by atoms with Crippen LogP contribution in [0, 0.1) is 0 Å². The van der Waals surface area contributed by atoms with Gasteiger partial charge in [0, 0.05) is 40.3 Å². The van der Waals surface area contributed by atoms with E-state index in [0.717, 1.165) is 37.3 Å². The maximum absolute atomic E-state index is 12.5. The Balaban J connectivity index is 1.29. The number of benzene rings is 2. The molecule has 1 unspecified atom stereocenters. The smallest absolute Gasteiger partial charge is 0.258 e. The molecule has 0 saturated carbocycles. The van der Waals surface area contributed by atoms with E-state index in [9.17, 15) is 9.59 Å². The highest BCUT2D eigenvalue weighted by Crippen LogP contribution is 2.37. The first kappa shape index (κ1) is 22.9. The average molecular weight is 476 g/mol. The Kier molecular flexibility index (Phi) is 7.23. The Morgan fingerprint density at radius 1 is 1.03 bits per heavy atom. The third-order valence-corrected chi connectivity index (χ3v) is 6.76. The SMILES string of the molecule is NC(=O)Cc1cc(Cl)ccc1OCC(=O)NC1C[C@H]2CC[C@@H](C1)N2Cc1ccc(Cl)cc1. The molecule has 2 heterocycles. The van der Waals surface area contributed by atoms with Crippen molar-refractivity contribution in [3.05, 3.63) is 63.6 Å². The second kappa shape index (κ2) is 10.1. The van der Waals surface area contributed by atoms with E-state index >= 15 is 0 Å². The zero-order valence-electron chi connectivity index (χ0n) is 17.7. The lowest BCUT2D eigenvalue weighted by Crippen LogP contribution is -2.50. The summed E-state index contributed by atoms with van der Waals surface area (Å²) in [5.41, 5.74) is 7.13. The largest absolute Gasteiger partial charge is 0.483 e. The van der Waals surface area contributed by atoms with Gasteiger partial charge in [-0.25, -0.2) is 0 Å². The third kappa shape index (κ3) is 5.74. The molecule has 2 bridgehead atoms. The van der Waals surface area contributed by atoms with Crippen molar-refractivity contribution in [2.45, 2.75) is 56.8 Å². The van der Waals surface area contributed by atoms with Crippen molar-refractivity contribution in [1.82, 2.24) is 10.2 Å². The lowest BCUT2D eigenvalue weighted by atomic mass is 9.96. The number of rotatable bonds is 8. The van der Waals surface area contributed by atoms with Crippen LogP contribution in [0.15, 0.2) is 42.5 Å². The van der Waals surface area contributed by atoms with Gasteiger partial charge in [0.15, 0.2) is 6.61 Å². The van der Waals surface area contributed by atoms with Gasteiger partial charge in [0.2, 0.25) is 5.91 Å². The van der Waals surface area contributed by atoms with E-state index in [-0.39, 0.29) is 25.0 Å². The van der Waals surface area contributed by atoms with E-state index in [1.54, 1.807) is 18.2 Å². The van der Waals surface area contributed by atoms with E-state index in [2.05, 4.69) is 22.3 Å². The minimum Gasteiger partial charge on any atom is -0.483 e. The predicted molar refractivity (Wildman–Crippen MR) is 125 cm³/mol. The van der Waals surface area contributed by atoms with Crippen molar-refractivity contribution in [2.75, 3.05) is 6.61 Å². The van der Waals surface area contributed by atoms with Crippen LogP contribution in [0.2, 0.25) is 10.0 Å². The fourth-order valence-corrected chi connectivity index (χ4v) is 5.20. The number of nitrogens with one attached hydrogen (secondary N) is 1. The minimum absolute atomic E-state index is 0.00690. The van der Waals surface area contributed by atoms with Gasteiger partial charge in [-0.05, 0) is 61.6 Å². The monoisotopic (exact) mass is 475 g/mol. The summed E-state index contributed by atoms with van der Waals surface area (Å²) in [5, 5.41) is 4.36. The molecule has 4 rings (SSSR count). The molecule has 2 aliphatic rings. The molecule has 2 amide bonds. The lowest BCUT2D eigenvalue weighted by molar-refractivity contribution is -0.124. The highest BCUT2D eigenvalue weighted by molar-refractivity contribution is 6.30. The second-order valence-corrected chi connectivity index (χ2v) is 9.48. The van der Waals surface area contributed by atoms with Crippen LogP contribution in [0.3, 0.4) is 0 Å². The molecular weight excluding hydrogens is 449 g/mol. The number of nitrogens with zero attached hydrogens (tertiary/aromatic N) is 1. The number of halogens is 2. The van der Waals surface area contributed by atoms with Crippen LogP contribution in [0.4, 0.5) is 0 Å². The molecule has 170 valence electrons. The maximum atomic E-state index is 12.5. The van der Waals surface area contributed by atoms with Gasteiger partial charge in [0.25, 0.3) is 5.91 Å². The highest BCUT2D eigenvalue weighted by Gasteiger charge is 2.40. The number of carbonyl (C=O) groups excluding carboxylic acids is 2. The number of hydrogen-bond acceptors (Lipinski definition) is 4. The molecule has 2 aromatic rings. The quantitative estimate of drug-likeness (QED) is 0.609. The van der Waals surface area contributed by atoms with Crippen LogP contribution in [0.5, 0.6) is 5.75 Å². The number of primary amides is 1. The first-order valence-electron chi connectivity index (χ1n) is 10.9. The number of hydrogen-bond donors (Lipinski definition) is 2. The van der Waals surface area contributed by atoms with Crippen molar-refractivity contribution in [3.63, 3.8) is 0 Å². The molecule has 0 spiro atoms. The Bertz CT molecular complexity index is 969. The molecule has 6 nitrogen and oxygen atoms in total. The molecule has 3 N–H and O–H groups in total. The Labute approximate surface area is 198 Å². The standard InChI is InChI=1S/C24H27Cl2N3O3/c25-17-3-1-15(2-4-17)13-29-20-6-7-21(29)12-19(11-20)28-24(31)14-32-22-8-5-18(26)9-16(22)10-23(27)30/h1-5,8-9,19-21H,6-7,10-14H2,(H2,27,30)(H,28,31)/t19?,20-,21+. The van der Waals surface area contributed by atoms with E-state index < -0.39 is 5.91 Å². The van der Waals surface area contributed by atoms with Crippen molar-refractivity contribution in [1.29, 1.82) is 0 Å². The minimum atomic E-state index is -0.484. The molecule has 0 aliphatic carbocycles. The molecular formula is C24H27Cl2N3O3. The zero-order chi connectivity index (χ0) is 22.7.